The van der Waals surface area contributed by atoms with Gasteiger partial charge in [0.2, 0.25) is 5.91 Å². The van der Waals surface area contributed by atoms with Crippen molar-refractivity contribution in [1.82, 2.24) is 10.2 Å². The van der Waals surface area contributed by atoms with E-state index in [4.69, 9.17) is 9.47 Å². The Morgan fingerprint density at radius 1 is 1.32 bits per heavy atom. The summed E-state index contributed by atoms with van der Waals surface area (Å²) < 4.78 is 12.1. The third-order valence-corrected chi connectivity index (χ3v) is 5.09. The summed E-state index contributed by atoms with van der Waals surface area (Å²) in [7, 11) is 0. The van der Waals surface area contributed by atoms with Crippen LogP contribution in [0.15, 0.2) is 28.7 Å². The minimum Gasteiger partial charge on any atom is -0.492 e. The molecule has 6 heteroatoms. The standard InChI is InChI=1S/C19H29BrN2O3/c1-15(2)17(22-9-12-24-13-10-22)14-21-19(23)8-5-11-25-18-7-4-3-6-16(18)20/h3-4,6-7,15,17H,5,8-14H2,1-2H3,(H,21,23)/t17-/m0/s1. The second kappa shape index (κ2) is 10.8. The van der Waals surface area contributed by atoms with Crippen molar-refractivity contribution in [3.63, 3.8) is 0 Å². The molecule has 0 aliphatic carbocycles. The number of carbonyl (C=O) groups is 1. The summed E-state index contributed by atoms with van der Waals surface area (Å²) in [5, 5.41) is 3.09. The van der Waals surface area contributed by atoms with Crippen molar-refractivity contribution in [3.05, 3.63) is 28.7 Å². The predicted molar refractivity (Wildman–Crippen MR) is 103 cm³/mol. The van der Waals surface area contributed by atoms with Crippen molar-refractivity contribution < 1.29 is 14.3 Å². The Morgan fingerprint density at radius 3 is 2.72 bits per heavy atom. The number of rotatable bonds is 9. The summed E-state index contributed by atoms with van der Waals surface area (Å²) in [5.41, 5.74) is 0. The Labute approximate surface area is 159 Å². The zero-order valence-electron chi connectivity index (χ0n) is 15.2. The first-order valence-corrected chi connectivity index (χ1v) is 9.83. The molecule has 1 aromatic carbocycles. The molecule has 1 saturated heterocycles. The van der Waals surface area contributed by atoms with E-state index in [2.05, 4.69) is 40.0 Å². The van der Waals surface area contributed by atoms with Gasteiger partial charge in [0.05, 0.1) is 24.3 Å². The molecule has 5 nitrogen and oxygen atoms in total. The largest absolute Gasteiger partial charge is 0.492 e. The Kier molecular flexibility index (Phi) is 8.72. The topological polar surface area (TPSA) is 50.8 Å². The van der Waals surface area contributed by atoms with Gasteiger partial charge in [0, 0.05) is 32.1 Å². The number of halogens is 1. The smallest absolute Gasteiger partial charge is 0.220 e. The van der Waals surface area contributed by atoms with Crippen molar-refractivity contribution in [2.75, 3.05) is 39.5 Å². The fraction of sp³-hybridized carbons (Fsp3) is 0.632. The lowest BCUT2D eigenvalue weighted by atomic mass is 10.0. The van der Waals surface area contributed by atoms with Crippen LogP contribution in [0.2, 0.25) is 0 Å². The molecule has 140 valence electrons. The minimum absolute atomic E-state index is 0.0923. The Morgan fingerprint density at radius 2 is 2.04 bits per heavy atom. The molecule has 1 fully saturated rings. The summed E-state index contributed by atoms with van der Waals surface area (Å²) in [4.78, 5) is 14.5. The van der Waals surface area contributed by atoms with Crippen LogP contribution in [0.3, 0.4) is 0 Å². The van der Waals surface area contributed by atoms with Gasteiger partial charge in [-0.05, 0) is 40.4 Å². The molecule has 1 aliphatic heterocycles. The van der Waals surface area contributed by atoms with Crippen LogP contribution in [0.25, 0.3) is 0 Å². The molecule has 1 aromatic rings. The summed E-state index contributed by atoms with van der Waals surface area (Å²) in [6.07, 6.45) is 1.19. The molecule has 0 aromatic heterocycles. The van der Waals surface area contributed by atoms with Crippen LogP contribution in [0.5, 0.6) is 5.75 Å². The number of para-hydroxylation sites is 1. The van der Waals surface area contributed by atoms with Crippen molar-refractivity contribution in [1.29, 1.82) is 0 Å². The highest BCUT2D eigenvalue weighted by molar-refractivity contribution is 9.10. The van der Waals surface area contributed by atoms with E-state index in [0.717, 1.165) is 36.5 Å². The molecular formula is C19H29BrN2O3. The van der Waals surface area contributed by atoms with E-state index in [1.807, 2.05) is 24.3 Å². The van der Waals surface area contributed by atoms with Crippen molar-refractivity contribution >= 4 is 21.8 Å². The van der Waals surface area contributed by atoms with E-state index in [0.29, 0.717) is 38.0 Å². The molecule has 1 N–H and O–H groups in total. The highest BCUT2D eigenvalue weighted by atomic mass is 79.9. The third kappa shape index (κ3) is 6.96. The molecular weight excluding hydrogens is 384 g/mol. The number of hydrogen-bond donors (Lipinski definition) is 1. The van der Waals surface area contributed by atoms with Crippen LogP contribution in [-0.4, -0.2) is 56.3 Å². The van der Waals surface area contributed by atoms with Crippen LogP contribution in [0.4, 0.5) is 0 Å². The molecule has 1 atom stereocenters. The van der Waals surface area contributed by atoms with Gasteiger partial charge in [0.1, 0.15) is 5.75 Å². The van der Waals surface area contributed by atoms with Crippen molar-refractivity contribution in [2.24, 2.45) is 5.92 Å². The highest BCUT2D eigenvalue weighted by Crippen LogP contribution is 2.23. The van der Waals surface area contributed by atoms with E-state index < -0.39 is 0 Å². The molecule has 1 heterocycles. The number of carbonyl (C=O) groups excluding carboxylic acids is 1. The lowest BCUT2D eigenvalue weighted by Gasteiger charge is -2.36. The Bertz CT molecular complexity index is 533. The predicted octanol–water partition coefficient (Wildman–Crippen LogP) is 3.08. The fourth-order valence-corrected chi connectivity index (χ4v) is 3.38. The normalized spacial score (nSPS) is 16.6. The zero-order valence-corrected chi connectivity index (χ0v) is 16.8. The number of amides is 1. The average Bonchev–Trinajstić information content (AvgIpc) is 2.61. The van der Waals surface area contributed by atoms with Gasteiger partial charge in [0.25, 0.3) is 0 Å². The quantitative estimate of drug-likeness (QED) is 0.633. The van der Waals surface area contributed by atoms with Gasteiger partial charge in [-0.2, -0.15) is 0 Å². The first-order valence-electron chi connectivity index (χ1n) is 9.03. The number of nitrogens with zero attached hydrogens (tertiary/aromatic N) is 1. The molecule has 1 aliphatic rings. The fourth-order valence-electron chi connectivity index (χ4n) is 2.98. The van der Waals surface area contributed by atoms with Gasteiger partial charge in [-0.15, -0.1) is 0 Å². The number of ether oxygens (including phenoxy) is 2. The number of benzene rings is 1. The summed E-state index contributed by atoms with van der Waals surface area (Å²) in [6, 6.07) is 8.11. The van der Waals surface area contributed by atoms with E-state index >= 15 is 0 Å². The molecule has 1 amide bonds. The average molecular weight is 413 g/mol. The maximum absolute atomic E-state index is 12.1. The Hall–Kier alpha value is -1.11. The SMILES string of the molecule is CC(C)[C@H](CNC(=O)CCCOc1ccccc1Br)N1CCOCC1. The molecule has 0 saturated carbocycles. The molecule has 0 unspecified atom stereocenters. The molecule has 25 heavy (non-hydrogen) atoms. The molecule has 2 rings (SSSR count). The van der Waals surface area contributed by atoms with E-state index in [1.54, 1.807) is 0 Å². The van der Waals surface area contributed by atoms with E-state index in [9.17, 15) is 4.79 Å². The maximum atomic E-state index is 12.1. The minimum atomic E-state index is 0.0923. The number of morpholine rings is 1. The van der Waals surface area contributed by atoms with Gasteiger partial charge < -0.3 is 14.8 Å². The lowest BCUT2D eigenvalue weighted by molar-refractivity contribution is -0.121. The van der Waals surface area contributed by atoms with Crippen molar-refractivity contribution in [3.8, 4) is 5.75 Å². The monoisotopic (exact) mass is 412 g/mol. The first-order chi connectivity index (χ1) is 12.1. The van der Waals surface area contributed by atoms with Crippen LogP contribution >= 0.6 is 15.9 Å². The second-order valence-corrected chi connectivity index (χ2v) is 7.50. The number of nitrogens with one attached hydrogen (secondary N) is 1. The van der Waals surface area contributed by atoms with Crippen LogP contribution in [-0.2, 0) is 9.53 Å². The van der Waals surface area contributed by atoms with Crippen LogP contribution in [0, 0.1) is 5.92 Å². The van der Waals surface area contributed by atoms with Crippen molar-refractivity contribution in [2.45, 2.75) is 32.7 Å². The van der Waals surface area contributed by atoms with E-state index in [-0.39, 0.29) is 5.91 Å². The van der Waals surface area contributed by atoms with Crippen LogP contribution in [0.1, 0.15) is 26.7 Å². The van der Waals surface area contributed by atoms with Gasteiger partial charge >= 0.3 is 0 Å². The van der Waals surface area contributed by atoms with Gasteiger partial charge in [-0.1, -0.05) is 26.0 Å². The summed E-state index contributed by atoms with van der Waals surface area (Å²) in [6.45, 7) is 9.09. The summed E-state index contributed by atoms with van der Waals surface area (Å²) >= 11 is 3.45. The maximum Gasteiger partial charge on any atom is 0.220 e. The third-order valence-electron chi connectivity index (χ3n) is 4.44. The lowest BCUT2D eigenvalue weighted by Crippen LogP contribution is -2.51. The first kappa shape index (κ1) is 20.2. The van der Waals surface area contributed by atoms with Crippen LogP contribution < -0.4 is 10.1 Å². The Balaban J connectivity index is 1.66. The second-order valence-electron chi connectivity index (χ2n) is 6.65. The summed E-state index contributed by atoms with van der Waals surface area (Å²) in [5.74, 6) is 1.40. The van der Waals surface area contributed by atoms with Gasteiger partial charge in [0.15, 0.2) is 0 Å². The zero-order chi connectivity index (χ0) is 18.1. The van der Waals surface area contributed by atoms with Gasteiger partial charge in [-0.25, -0.2) is 0 Å². The van der Waals surface area contributed by atoms with E-state index in [1.165, 1.54) is 0 Å². The van der Waals surface area contributed by atoms with Gasteiger partial charge in [-0.3, -0.25) is 9.69 Å². The molecule has 0 radical (unpaired) electrons. The molecule has 0 bridgehead atoms. The molecule has 0 spiro atoms. The highest BCUT2D eigenvalue weighted by Gasteiger charge is 2.24. The number of hydrogen-bond acceptors (Lipinski definition) is 4.